The van der Waals surface area contributed by atoms with Gasteiger partial charge in [-0.3, -0.25) is 4.79 Å². The molecule has 3 amide bonds. The van der Waals surface area contributed by atoms with E-state index in [2.05, 4.69) is 31.3 Å². The molecule has 3 rings (SSSR count). The van der Waals surface area contributed by atoms with Gasteiger partial charge in [-0.25, -0.2) is 4.79 Å². The first-order chi connectivity index (χ1) is 12.5. The zero-order valence-corrected chi connectivity index (χ0v) is 15.4. The number of anilines is 1. The predicted molar refractivity (Wildman–Crippen MR) is 103 cm³/mol. The van der Waals surface area contributed by atoms with Crippen LogP contribution in [0.15, 0.2) is 48.5 Å². The van der Waals surface area contributed by atoms with Crippen LogP contribution in [0.2, 0.25) is 0 Å². The lowest BCUT2D eigenvalue weighted by molar-refractivity contribution is -0.131. The molecule has 2 aromatic rings. The first-order valence-corrected chi connectivity index (χ1v) is 8.98. The summed E-state index contributed by atoms with van der Waals surface area (Å²) in [7, 11) is 0. The molecule has 5 heteroatoms. The van der Waals surface area contributed by atoms with Gasteiger partial charge in [0.15, 0.2) is 0 Å². The quantitative estimate of drug-likeness (QED) is 0.923. The summed E-state index contributed by atoms with van der Waals surface area (Å²) in [4.78, 5) is 28.5. The number of hydrogen-bond acceptors (Lipinski definition) is 2. The molecule has 5 nitrogen and oxygen atoms in total. The fourth-order valence-electron chi connectivity index (χ4n) is 3.08. The topological polar surface area (TPSA) is 52.7 Å². The van der Waals surface area contributed by atoms with Gasteiger partial charge in [-0.15, -0.1) is 0 Å². The lowest BCUT2D eigenvalue weighted by Crippen LogP contribution is -2.52. The molecule has 1 saturated heterocycles. The molecule has 0 saturated carbocycles. The zero-order chi connectivity index (χ0) is 18.5. The van der Waals surface area contributed by atoms with E-state index in [9.17, 15) is 9.59 Å². The number of para-hydroxylation sites is 1. The highest BCUT2D eigenvalue weighted by atomic mass is 16.2. The average Bonchev–Trinajstić information content (AvgIpc) is 2.65. The van der Waals surface area contributed by atoms with Crippen LogP contribution in [0.1, 0.15) is 16.7 Å². The van der Waals surface area contributed by atoms with E-state index in [-0.39, 0.29) is 11.9 Å². The Morgan fingerprint density at radius 2 is 1.54 bits per heavy atom. The SMILES string of the molecule is Cc1ccc(CC(=O)N2CCN(C(=O)Nc3ccccc3)CC2)cc1C. The number of benzene rings is 2. The Hall–Kier alpha value is -2.82. The van der Waals surface area contributed by atoms with Crippen LogP contribution in [0.3, 0.4) is 0 Å². The maximum absolute atomic E-state index is 12.5. The number of hydrogen-bond donors (Lipinski definition) is 1. The fourth-order valence-corrected chi connectivity index (χ4v) is 3.08. The van der Waals surface area contributed by atoms with Gasteiger partial charge in [0.05, 0.1) is 6.42 Å². The number of aryl methyl sites for hydroxylation is 2. The normalized spacial score (nSPS) is 14.2. The molecule has 0 aliphatic carbocycles. The smallest absolute Gasteiger partial charge is 0.321 e. The number of carbonyl (C=O) groups excluding carboxylic acids is 2. The summed E-state index contributed by atoms with van der Waals surface area (Å²) in [6.45, 7) is 6.39. The molecule has 1 aliphatic rings. The molecule has 0 aromatic heterocycles. The monoisotopic (exact) mass is 351 g/mol. The number of rotatable bonds is 3. The van der Waals surface area contributed by atoms with Gasteiger partial charge in [0.1, 0.15) is 0 Å². The summed E-state index contributed by atoms with van der Waals surface area (Å²) in [5.41, 5.74) is 4.27. The number of piperazine rings is 1. The summed E-state index contributed by atoms with van der Waals surface area (Å²) < 4.78 is 0. The summed E-state index contributed by atoms with van der Waals surface area (Å²) in [6.07, 6.45) is 0.414. The Kier molecular flexibility index (Phi) is 5.56. The molecule has 26 heavy (non-hydrogen) atoms. The van der Waals surface area contributed by atoms with Crippen molar-refractivity contribution in [1.29, 1.82) is 0 Å². The van der Waals surface area contributed by atoms with Gasteiger partial charge < -0.3 is 15.1 Å². The second-order valence-electron chi connectivity index (χ2n) is 6.76. The van der Waals surface area contributed by atoms with Crippen molar-refractivity contribution in [3.8, 4) is 0 Å². The second-order valence-corrected chi connectivity index (χ2v) is 6.76. The van der Waals surface area contributed by atoms with E-state index in [0.29, 0.717) is 32.6 Å². The van der Waals surface area contributed by atoms with Crippen LogP contribution in [0.25, 0.3) is 0 Å². The lowest BCUT2D eigenvalue weighted by atomic mass is 10.0. The van der Waals surface area contributed by atoms with Gasteiger partial charge in [0, 0.05) is 31.9 Å². The molecular weight excluding hydrogens is 326 g/mol. The highest BCUT2D eigenvalue weighted by Gasteiger charge is 2.24. The van der Waals surface area contributed by atoms with Gasteiger partial charge in [-0.2, -0.15) is 0 Å². The third kappa shape index (κ3) is 4.42. The van der Waals surface area contributed by atoms with Gasteiger partial charge in [-0.05, 0) is 42.7 Å². The largest absolute Gasteiger partial charge is 0.339 e. The van der Waals surface area contributed by atoms with E-state index >= 15 is 0 Å². The van der Waals surface area contributed by atoms with Crippen molar-refractivity contribution in [3.05, 3.63) is 65.2 Å². The van der Waals surface area contributed by atoms with Crippen molar-refractivity contribution in [2.24, 2.45) is 0 Å². The minimum Gasteiger partial charge on any atom is -0.339 e. The van der Waals surface area contributed by atoms with E-state index in [1.807, 2.05) is 41.3 Å². The zero-order valence-electron chi connectivity index (χ0n) is 15.4. The molecule has 1 heterocycles. The Balaban J connectivity index is 1.50. The van der Waals surface area contributed by atoms with E-state index in [1.54, 1.807) is 4.90 Å². The van der Waals surface area contributed by atoms with E-state index in [4.69, 9.17) is 0 Å². The third-order valence-corrected chi connectivity index (χ3v) is 4.87. The molecule has 2 aromatic carbocycles. The standard InChI is InChI=1S/C21H25N3O2/c1-16-8-9-18(14-17(16)2)15-20(25)23-10-12-24(13-11-23)21(26)22-19-6-4-3-5-7-19/h3-9,14H,10-13,15H2,1-2H3,(H,22,26). The molecule has 0 spiro atoms. The Morgan fingerprint density at radius 3 is 2.19 bits per heavy atom. The Morgan fingerprint density at radius 1 is 0.885 bits per heavy atom. The van der Waals surface area contributed by atoms with Crippen LogP contribution in [0, 0.1) is 13.8 Å². The van der Waals surface area contributed by atoms with E-state index < -0.39 is 0 Å². The van der Waals surface area contributed by atoms with Gasteiger partial charge in [0.25, 0.3) is 0 Å². The van der Waals surface area contributed by atoms with E-state index in [0.717, 1.165) is 11.3 Å². The fraction of sp³-hybridized carbons (Fsp3) is 0.333. The average molecular weight is 351 g/mol. The maximum Gasteiger partial charge on any atom is 0.321 e. The summed E-state index contributed by atoms with van der Waals surface area (Å²) >= 11 is 0. The number of nitrogens with one attached hydrogen (secondary N) is 1. The van der Waals surface area contributed by atoms with Crippen molar-refractivity contribution in [2.45, 2.75) is 20.3 Å². The van der Waals surface area contributed by atoms with Crippen molar-refractivity contribution in [2.75, 3.05) is 31.5 Å². The van der Waals surface area contributed by atoms with Gasteiger partial charge >= 0.3 is 6.03 Å². The molecule has 0 atom stereocenters. The molecular formula is C21H25N3O2. The number of nitrogens with zero attached hydrogens (tertiary/aromatic N) is 2. The van der Waals surface area contributed by atoms with Crippen molar-refractivity contribution >= 4 is 17.6 Å². The van der Waals surface area contributed by atoms with Crippen LogP contribution < -0.4 is 5.32 Å². The third-order valence-electron chi connectivity index (χ3n) is 4.87. The summed E-state index contributed by atoms with van der Waals surface area (Å²) in [6, 6.07) is 15.5. The Bertz CT molecular complexity index is 781. The van der Waals surface area contributed by atoms with Crippen LogP contribution in [0.5, 0.6) is 0 Å². The summed E-state index contributed by atoms with van der Waals surface area (Å²) in [5.74, 6) is 0.122. The predicted octanol–water partition coefficient (Wildman–Crippen LogP) is 3.22. The molecule has 0 bridgehead atoms. The highest BCUT2D eigenvalue weighted by molar-refractivity contribution is 5.89. The lowest BCUT2D eigenvalue weighted by Gasteiger charge is -2.34. The van der Waals surface area contributed by atoms with Crippen LogP contribution >= 0.6 is 0 Å². The number of urea groups is 1. The molecule has 1 fully saturated rings. The maximum atomic E-state index is 12.5. The van der Waals surface area contributed by atoms with Crippen LogP contribution in [-0.2, 0) is 11.2 Å². The van der Waals surface area contributed by atoms with E-state index in [1.165, 1.54) is 11.1 Å². The van der Waals surface area contributed by atoms with Crippen LogP contribution in [-0.4, -0.2) is 47.9 Å². The molecule has 136 valence electrons. The Labute approximate surface area is 154 Å². The minimum absolute atomic E-state index is 0.113. The molecule has 1 N–H and O–H groups in total. The molecule has 0 radical (unpaired) electrons. The number of carbonyl (C=O) groups is 2. The molecule has 1 aliphatic heterocycles. The first kappa shape index (κ1) is 18.0. The van der Waals surface area contributed by atoms with Crippen molar-refractivity contribution in [1.82, 2.24) is 9.80 Å². The molecule has 0 unspecified atom stereocenters. The summed E-state index contributed by atoms with van der Waals surface area (Å²) in [5, 5.41) is 2.89. The highest BCUT2D eigenvalue weighted by Crippen LogP contribution is 2.13. The van der Waals surface area contributed by atoms with Gasteiger partial charge in [-0.1, -0.05) is 36.4 Å². The van der Waals surface area contributed by atoms with Crippen molar-refractivity contribution in [3.63, 3.8) is 0 Å². The minimum atomic E-state index is -0.113. The first-order valence-electron chi connectivity index (χ1n) is 8.98. The van der Waals surface area contributed by atoms with Gasteiger partial charge in [0.2, 0.25) is 5.91 Å². The number of amides is 3. The van der Waals surface area contributed by atoms with Crippen molar-refractivity contribution < 1.29 is 9.59 Å². The van der Waals surface area contributed by atoms with Crippen LogP contribution in [0.4, 0.5) is 10.5 Å². The second kappa shape index (κ2) is 8.04.